The highest BCUT2D eigenvalue weighted by atomic mass is 32.1. The number of urea groups is 1. The second kappa shape index (κ2) is 10.4. The summed E-state index contributed by atoms with van der Waals surface area (Å²) in [5, 5.41) is 2.75. The predicted molar refractivity (Wildman–Crippen MR) is 126 cm³/mol. The smallest absolute Gasteiger partial charge is 0.323 e. The maximum Gasteiger partial charge on any atom is 0.323 e. The normalized spacial score (nSPS) is 15.1. The number of benzene rings is 1. The fourth-order valence-electron chi connectivity index (χ4n) is 3.59. The highest BCUT2D eigenvalue weighted by Crippen LogP contribution is 2.36. The van der Waals surface area contributed by atoms with Crippen molar-refractivity contribution < 1.29 is 19.1 Å². The van der Waals surface area contributed by atoms with Crippen molar-refractivity contribution >= 4 is 40.3 Å². The number of carbonyl (C=O) groups is 3. The number of ether oxygens (including phenoxy) is 1. The molecule has 0 radical (unpaired) electrons. The zero-order valence-corrected chi connectivity index (χ0v) is 18.7. The molecule has 0 aliphatic heterocycles. The molecule has 3 rings (SSSR count). The van der Waals surface area contributed by atoms with Gasteiger partial charge in [-0.3, -0.25) is 14.9 Å². The van der Waals surface area contributed by atoms with E-state index >= 15 is 0 Å². The first-order valence-electron chi connectivity index (χ1n) is 10.5. The molecule has 0 bridgehead atoms. The van der Waals surface area contributed by atoms with E-state index in [1.165, 1.54) is 11.3 Å². The first-order chi connectivity index (χ1) is 15.2. The highest BCUT2D eigenvalue weighted by molar-refractivity contribution is 7.20. The zero-order valence-electron chi connectivity index (χ0n) is 17.9. The number of aryl methyl sites for hydroxylation is 1. The van der Waals surface area contributed by atoms with Crippen molar-refractivity contribution in [2.75, 3.05) is 5.32 Å². The summed E-state index contributed by atoms with van der Waals surface area (Å²) in [4.78, 5) is 35.8. The van der Waals surface area contributed by atoms with Crippen LogP contribution in [0.25, 0.3) is 16.5 Å². The van der Waals surface area contributed by atoms with Crippen LogP contribution in [0.2, 0.25) is 0 Å². The molecule has 1 heterocycles. The average molecular weight is 457 g/mol. The Labute approximate surface area is 190 Å². The van der Waals surface area contributed by atoms with Crippen LogP contribution in [0.3, 0.4) is 0 Å². The van der Waals surface area contributed by atoms with E-state index in [-0.39, 0.29) is 17.6 Å². The van der Waals surface area contributed by atoms with Crippen LogP contribution >= 0.6 is 11.3 Å². The van der Waals surface area contributed by atoms with Gasteiger partial charge in [-0.1, -0.05) is 24.3 Å². The summed E-state index contributed by atoms with van der Waals surface area (Å²) >= 11 is 1.21. The van der Waals surface area contributed by atoms with Gasteiger partial charge in [-0.05, 0) is 67.9 Å². The van der Waals surface area contributed by atoms with Crippen molar-refractivity contribution in [2.24, 2.45) is 17.2 Å². The molecular weight excluding hydrogens is 428 g/mol. The molecule has 1 aromatic carbocycles. The lowest BCUT2D eigenvalue weighted by atomic mass is 10.0. The molecule has 8 nitrogen and oxygen atoms in total. The highest BCUT2D eigenvalue weighted by Gasteiger charge is 2.22. The van der Waals surface area contributed by atoms with E-state index in [0.29, 0.717) is 11.4 Å². The van der Waals surface area contributed by atoms with Gasteiger partial charge in [-0.2, -0.15) is 0 Å². The molecule has 0 spiro atoms. The summed E-state index contributed by atoms with van der Waals surface area (Å²) in [6, 6.07) is 5.99. The van der Waals surface area contributed by atoms with Gasteiger partial charge in [-0.15, -0.1) is 11.3 Å². The number of primary amides is 2. The second-order valence-corrected chi connectivity index (χ2v) is 8.92. The Morgan fingerprint density at radius 3 is 2.59 bits per heavy atom. The molecule has 1 saturated carbocycles. The average Bonchev–Trinajstić information content (AvgIpc) is 3.38. The number of amides is 3. The van der Waals surface area contributed by atoms with E-state index in [0.717, 1.165) is 47.3 Å². The van der Waals surface area contributed by atoms with Crippen LogP contribution in [0.1, 0.15) is 53.6 Å². The minimum atomic E-state index is -0.767. The first-order valence-corrected chi connectivity index (χ1v) is 11.3. The molecule has 170 valence electrons. The molecule has 2 aromatic rings. The lowest BCUT2D eigenvalue weighted by molar-refractivity contribution is -0.150. The van der Waals surface area contributed by atoms with E-state index in [1.54, 1.807) is 6.07 Å². The van der Waals surface area contributed by atoms with Crippen molar-refractivity contribution in [3.63, 3.8) is 0 Å². The number of anilines is 1. The minimum absolute atomic E-state index is 0.00138. The largest absolute Gasteiger partial charge is 0.461 e. The Morgan fingerprint density at radius 2 is 1.94 bits per heavy atom. The van der Waals surface area contributed by atoms with Gasteiger partial charge in [0.1, 0.15) is 17.1 Å². The lowest BCUT2D eigenvalue weighted by Gasteiger charge is -2.14. The summed E-state index contributed by atoms with van der Waals surface area (Å²) in [5.74, 6) is -1.01. The molecule has 7 N–H and O–H groups in total. The topological polar surface area (TPSA) is 151 Å². The summed E-state index contributed by atoms with van der Waals surface area (Å²) in [6.45, 7) is 1.97. The van der Waals surface area contributed by atoms with E-state index in [2.05, 4.69) is 5.32 Å². The number of hydrogen-bond acceptors (Lipinski definition) is 6. The molecule has 9 heteroatoms. The van der Waals surface area contributed by atoms with Crippen LogP contribution in [-0.2, 0) is 9.53 Å². The molecule has 32 heavy (non-hydrogen) atoms. The number of nitrogens with one attached hydrogen (secondary N) is 1. The van der Waals surface area contributed by atoms with Crippen LogP contribution in [0.4, 0.5) is 9.80 Å². The Balaban J connectivity index is 1.72. The van der Waals surface area contributed by atoms with Crippen molar-refractivity contribution in [3.8, 4) is 10.4 Å². The predicted octanol–water partition coefficient (Wildman–Crippen LogP) is 3.53. The number of esters is 1. The first kappa shape index (κ1) is 23.5. The van der Waals surface area contributed by atoms with Gasteiger partial charge in [-0.25, -0.2) is 4.79 Å². The van der Waals surface area contributed by atoms with Gasteiger partial charge in [0.25, 0.3) is 5.91 Å². The number of nitrogens with two attached hydrogens (primary N) is 3. The number of carbonyl (C=O) groups excluding carboxylic acids is 3. The van der Waals surface area contributed by atoms with Crippen LogP contribution in [0.15, 0.2) is 30.3 Å². The van der Waals surface area contributed by atoms with Crippen molar-refractivity contribution in [2.45, 2.75) is 51.2 Å². The van der Waals surface area contributed by atoms with Gasteiger partial charge in [0.2, 0.25) is 0 Å². The van der Waals surface area contributed by atoms with Crippen LogP contribution in [-0.4, -0.2) is 30.1 Å². The molecule has 1 aliphatic carbocycles. The standard InChI is InChI=1S/C23H28N4O4S/c1-13-9-10-15(19-12-17(20(25)28)21(32-19)27-23(26)30)11-14(13)5-4-8-18(24)22(29)31-16-6-2-3-7-16/h4-5,9-12,16,18H,2-3,6-8,24H2,1H3,(H2,25,28)(H3,26,27,30). The quantitative estimate of drug-likeness (QED) is 0.448. The van der Waals surface area contributed by atoms with E-state index < -0.39 is 18.0 Å². The second-order valence-electron chi connectivity index (χ2n) is 7.87. The molecule has 1 atom stereocenters. The van der Waals surface area contributed by atoms with Gasteiger partial charge < -0.3 is 21.9 Å². The molecule has 3 amide bonds. The number of thiophene rings is 1. The number of rotatable bonds is 8. The van der Waals surface area contributed by atoms with Crippen LogP contribution in [0, 0.1) is 6.92 Å². The third kappa shape index (κ3) is 5.95. The molecule has 0 saturated heterocycles. The van der Waals surface area contributed by atoms with Crippen molar-refractivity contribution in [1.82, 2.24) is 0 Å². The minimum Gasteiger partial charge on any atom is -0.461 e. The van der Waals surface area contributed by atoms with E-state index in [1.807, 2.05) is 37.3 Å². The Hall–Kier alpha value is -3.17. The van der Waals surface area contributed by atoms with Crippen molar-refractivity contribution in [3.05, 3.63) is 47.0 Å². The fourth-order valence-corrected chi connectivity index (χ4v) is 4.65. The summed E-state index contributed by atoms with van der Waals surface area (Å²) < 4.78 is 5.46. The van der Waals surface area contributed by atoms with Gasteiger partial charge >= 0.3 is 12.0 Å². The van der Waals surface area contributed by atoms with Crippen LogP contribution in [0.5, 0.6) is 0 Å². The summed E-state index contributed by atoms with van der Waals surface area (Å²) in [7, 11) is 0. The molecular formula is C23H28N4O4S. The third-order valence-corrected chi connectivity index (χ3v) is 6.47. The van der Waals surface area contributed by atoms with E-state index in [4.69, 9.17) is 21.9 Å². The van der Waals surface area contributed by atoms with Gasteiger partial charge in [0, 0.05) is 4.88 Å². The van der Waals surface area contributed by atoms with Gasteiger partial charge in [0.05, 0.1) is 5.56 Å². The summed E-state index contributed by atoms with van der Waals surface area (Å²) in [5.41, 5.74) is 19.6. The molecule has 1 aromatic heterocycles. The van der Waals surface area contributed by atoms with Crippen LogP contribution < -0.4 is 22.5 Å². The molecule has 1 fully saturated rings. The maximum absolute atomic E-state index is 12.2. The lowest BCUT2D eigenvalue weighted by Crippen LogP contribution is -2.33. The Morgan fingerprint density at radius 1 is 1.22 bits per heavy atom. The Bertz CT molecular complexity index is 1040. The monoisotopic (exact) mass is 456 g/mol. The Kier molecular flexibility index (Phi) is 7.66. The maximum atomic E-state index is 12.2. The SMILES string of the molecule is Cc1ccc(-c2cc(C(N)=O)c(NC(N)=O)s2)cc1C=CCC(N)C(=O)OC1CCCC1. The molecule has 1 aliphatic rings. The third-order valence-electron chi connectivity index (χ3n) is 5.37. The van der Waals surface area contributed by atoms with Crippen molar-refractivity contribution in [1.29, 1.82) is 0 Å². The fraction of sp³-hybridized carbons (Fsp3) is 0.348. The number of hydrogen-bond donors (Lipinski definition) is 4. The van der Waals surface area contributed by atoms with Gasteiger partial charge in [0.15, 0.2) is 0 Å². The molecule has 1 unspecified atom stereocenters. The van der Waals surface area contributed by atoms with E-state index in [9.17, 15) is 14.4 Å². The zero-order chi connectivity index (χ0) is 23.3. The summed E-state index contributed by atoms with van der Waals surface area (Å²) in [6.07, 6.45) is 8.15.